The molecular weight excluding hydrogens is 261 g/mol. The molecule has 2 aromatic rings. The number of halogens is 1. The Hall–Kier alpha value is -2.89. The molecule has 0 aliphatic heterocycles. The van der Waals surface area contributed by atoms with Crippen LogP contribution >= 0.6 is 0 Å². The second-order valence-corrected chi connectivity index (χ2v) is 3.86. The van der Waals surface area contributed by atoms with E-state index in [9.17, 15) is 14.0 Å². The molecule has 104 valence electrons. The van der Waals surface area contributed by atoms with Gasteiger partial charge in [-0.05, 0) is 36.4 Å². The lowest BCUT2D eigenvalue weighted by molar-refractivity contribution is 0.0991. The van der Waals surface area contributed by atoms with Crippen molar-refractivity contribution < 1.29 is 14.0 Å². The number of hydrogen-bond acceptors (Lipinski definition) is 3. The van der Waals surface area contributed by atoms with E-state index < -0.39 is 17.6 Å². The first-order chi connectivity index (χ1) is 9.40. The fourth-order valence-electron chi connectivity index (χ4n) is 1.33. The molecule has 0 radical (unpaired) electrons. The van der Waals surface area contributed by atoms with Crippen molar-refractivity contribution in [1.82, 2.24) is 0 Å². The second-order valence-electron chi connectivity index (χ2n) is 3.86. The highest BCUT2D eigenvalue weighted by molar-refractivity contribution is 5.93. The summed E-state index contributed by atoms with van der Waals surface area (Å²) in [5, 5.41) is 0. The lowest BCUT2D eigenvalue weighted by Gasteiger charge is -1.94. The van der Waals surface area contributed by atoms with Gasteiger partial charge < -0.3 is 17.2 Å². The van der Waals surface area contributed by atoms with E-state index >= 15 is 0 Å². The van der Waals surface area contributed by atoms with Crippen LogP contribution in [0.3, 0.4) is 0 Å². The van der Waals surface area contributed by atoms with Crippen molar-refractivity contribution in [2.24, 2.45) is 11.5 Å². The van der Waals surface area contributed by atoms with Gasteiger partial charge in [-0.15, -0.1) is 0 Å². The van der Waals surface area contributed by atoms with Crippen LogP contribution in [0.5, 0.6) is 0 Å². The van der Waals surface area contributed by atoms with Gasteiger partial charge in [-0.1, -0.05) is 12.1 Å². The Morgan fingerprint density at radius 1 is 0.850 bits per heavy atom. The number of amides is 2. The topological polar surface area (TPSA) is 112 Å². The summed E-state index contributed by atoms with van der Waals surface area (Å²) in [6.07, 6.45) is 0. The smallest absolute Gasteiger partial charge is 0.248 e. The van der Waals surface area contributed by atoms with Gasteiger partial charge in [-0.25, -0.2) is 4.39 Å². The van der Waals surface area contributed by atoms with E-state index in [1.165, 1.54) is 18.2 Å². The highest BCUT2D eigenvalue weighted by atomic mass is 19.1. The number of rotatable bonds is 2. The third kappa shape index (κ3) is 4.77. The average Bonchev–Trinajstić information content (AvgIpc) is 2.39. The summed E-state index contributed by atoms with van der Waals surface area (Å²) < 4.78 is 12.3. The molecule has 2 amide bonds. The van der Waals surface area contributed by atoms with Crippen LogP contribution in [0, 0.1) is 5.82 Å². The van der Waals surface area contributed by atoms with Crippen LogP contribution in [-0.4, -0.2) is 11.8 Å². The first-order valence-corrected chi connectivity index (χ1v) is 5.61. The molecule has 0 saturated heterocycles. The predicted octanol–water partition coefficient (Wildman–Crippen LogP) is 1.29. The number of nitrogens with two attached hydrogens (primary N) is 3. The van der Waals surface area contributed by atoms with Crippen molar-refractivity contribution in [2.75, 3.05) is 5.73 Å². The molecule has 2 rings (SSSR count). The molecule has 0 heterocycles. The molecule has 0 saturated carbocycles. The molecule has 2 aromatic carbocycles. The largest absolute Gasteiger partial charge is 0.399 e. The number of nitrogen functional groups attached to an aromatic ring is 1. The third-order valence-electron chi connectivity index (χ3n) is 2.28. The lowest BCUT2D eigenvalue weighted by Crippen LogP contribution is -2.10. The second kappa shape index (κ2) is 6.89. The molecule has 0 aliphatic rings. The van der Waals surface area contributed by atoms with Gasteiger partial charge in [-0.2, -0.15) is 0 Å². The van der Waals surface area contributed by atoms with Crippen molar-refractivity contribution >= 4 is 17.5 Å². The van der Waals surface area contributed by atoms with Crippen LogP contribution in [-0.2, 0) is 0 Å². The number of carbonyl (C=O) groups is 2. The van der Waals surface area contributed by atoms with Gasteiger partial charge in [0.2, 0.25) is 11.8 Å². The van der Waals surface area contributed by atoms with E-state index in [1.807, 2.05) is 0 Å². The zero-order chi connectivity index (χ0) is 15.1. The van der Waals surface area contributed by atoms with Crippen molar-refractivity contribution in [3.63, 3.8) is 0 Å². The van der Waals surface area contributed by atoms with Crippen molar-refractivity contribution in [1.29, 1.82) is 0 Å². The van der Waals surface area contributed by atoms with Gasteiger partial charge in [0.05, 0.1) is 0 Å². The van der Waals surface area contributed by atoms with Gasteiger partial charge in [0.25, 0.3) is 0 Å². The monoisotopic (exact) mass is 275 g/mol. The fraction of sp³-hybridized carbons (Fsp3) is 0. The molecule has 0 unspecified atom stereocenters. The van der Waals surface area contributed by atoms with E-state index in [0.29, 0.717) is 11.3 Å². The van der Waals surface area contributed by atoms with Crippen molar-refractivity contribution in [3.05, 3.63) is 65.5 Å². The number of hydrogen-bond donors (Lipinski definition) is 3. The molecule has 0 spiro atoms. The standard InChI is InChI=1S/C7H6FNO.C7H8N2O/c2*8-6-3-1-2-5(4-6)7(9)10/h1-4H,(H2,9,10);1-4H,8H2,(H2,9,10). The van der Waals surface area contributed by atoms with Crippen LogP contribution in [0.25, 0.3) is 0 Å². The van der Waals surface area contributed by atoms with Gasteiger partial charge in [0.15, 0.2) is 0 Å². The molecular formula is C14H14FN3O2. The quantitative estimate of drug-likeness (QED) is 0.718. The minimum Gasteiger partial charge on any atom is -0.399 e. The SMILES string of the molecule is NC(=O)c1cccc(F)c1.NC(=O)c1cccc(N)c1. The summed E-state index contributed by atoms with van der Waals surface area (Å²) in [4.78, 5) is 20.9. The molecule has 5 nitrogen and oxygen atoms in total. The van der Waals surface area contributed by atoms with Crippen LogP contribution in [0.2, 0.25) is 0 Å². The summed E-state index contributed by atoms with van der Waals surface area (Å²) in [5.41, 5.74) is 16.4. The normalized spacial score (nSPS) is 9.25. The highest BCUT2D eigenvalue weighted by Crippen LogP contribution is 2.04. The van der Waals surface area contributed by atoms with Gasteiger partial charge in [0, 0.05) is 16.8 Å². The van der Waals surface area contributed by atoms with Crippen molar-refractivity contribution in [2.45, 2.75) is 0 Å². The molecule has 0 atom stereocenters. The van der Waals surface area contributed by atoms with E-state index in [0.717, 1.165) is 6.07 Å². The number of primary amides is 2. The van der Waals surface area contributed by atoms with Gasteiger partial charge >= 0.3 is 0 Å². The van der Waals surface area contributed by atoms with E-state index in [1.54, 1.807) is 24.3 Å². The van der Waals surface area contributed by atoms with Crippen LogP contribution < -0.4 is 17.2 Å². The Morgan fingerprint density at radius 2 is 1.35 bits per heavy atom. The Labute approximate surface area is 115 Å². The minimum absolute atomic E-state index is 0.194. The Balaban J connectivity index is 0.000000200. The molecule has 20 heavy (non-hydrogen) atoms. The molecule has 0 fully saturated rings. The van der Waals surface area contributed by atoms with E-state index in [-0.39, 0.29) is 5.56 Å². The van der Waals surface area contributed by atoms with Crippen molar-refractivity contribution in [3.8, 4) is 0 Å². The predicted molar refractivity (Wildman–Crippen MR) is 74.3 cm³/mol. The maximum atomic E-state index is 12.3. The summed E-state index contributed by atoms with van der Waals surface area (Å²) in [6.45, 7) is 0. The third-order valence-corrected chi connectivity index (χ3v) is 2.28. The number of carbonyl (C=O) groups excluding carboxylic acids is 2. The first kappa shape index (κ1) is 15.2. The maximum Gasteiger partial charge on any atom is 0.248 e. The molecule has 0 aliphatic carbocycles. The molecule has 6 N–H and O–H groups in total. The fourth-order valence-corrected chi connectivity index (χ4v) is 1.33. The van der Waals surface area contributed by atoms with E-state index in [4.69, 9.17) is 17.2 Å². The summed E-state index contributed by atoms with van der Waals surface area (Å²) >= 11 is 0. The maximum absolute atomic E-state index is 12.3. The first-order valence-electron chi connectivity index (χ1n) is 5.61. The Bertz CT molecular complexity index is 574. The summed E-state index contributed by atoms with van der Waals surface area (Å²) in [6, 6.07) is 11.8. The zero-order valence-corrected chi connectivity index (χ0v) is 10.5. The zero-order valence-electron chi connectivity index (χ0n) is 10.5. The Morgan fingerprint density at radius 3 is 1.70 bits per heavy atom. The van der Waals surface area contributed by atoms with E-state index in [2.05, 4.69) is 0 Å². The summed E-state index contributed by atoms with van der Waals surface area (Å²) in [7, 11) is 0. The molecule has 0 aromatic heterocycles. The Kier molecular flexibility index (Phi) is 5.22. The molecule has 6 heteroatoms. The van der Waals surface area contributed by atoms with Crippen LogP contribution in [0.15, 0.2) is 48.5 Å². The summed E-state index contributed by atoms with van der Waals surface area (Å²) in [5.74, 6) is -1.51. The minimum atomic E-state index is -0.612. The van der Waals surface area contributed by atoms with Gasteiger partial charge in [-0.3, -0.25) is 9.59 Å². The van der Waals surface area contributed by atoms with Gasteiger partial charge in [0.1, 0.15) is 5.82 Å². The lowest BCUT2D eigenvalue weighted by atomic mass is 10.2. The number of anilines is 1. The number of benzene rings is 2. The highest BCUT2D eigenvalue weighted by Gasteiger charge is 1.99. The van der Waals surface area contributed by atoms with Crippen LogP contribution in [0.1, 0.15) is 20.7 Å². The molecule has 0 bridgehead atoms. The average molecular weight is 275 g/mol. The van der Waals surface area contributed by atoms with Crippen LogP contribution in [0.4, 0.5) is 10.1 Å².